The highest BCUT2D eigenvalue weighted by atomic mass is 16.7. The Labute approximate surface area is 141 Å². The summed E-state index contributed by atoms with van der Waals surface area (Å²) in [6.45, 7) is 2.02. The number of hydrogen-bond acceptors (Lipinski definition) is 4. The van der Waals surface area contributed by atoms with Crippen molar-refractivity contribution < 1.29 is 14.0 Å². The van der Waals surface area contributed by atoms with Crippen molar-refractivity contribution in [2.24, 2.45) is 0 Å². The Balaban J connectivity index is 1.64. The van der Waals surface area contributed by atoms with Crippen molar-refractivity contribution in [1.29, 1.82) is 0 Å². The van der Waals surface area contributed by atoms with Crippen LogP contribution in [0.3, 0.4) is 0 Å². The van der Waals surface area contributed by atoms with E-state index in [4.69, 9.17) is 14.0 Å². The van der Waals surface area contributed by atoms with Crippen molar-refractivity contribution in [2.45, 2.75) is 25.2 Å². The summed E-state index contributed by atoms with van der Waals surface area (Å²) in [5.74, 6) is 0. The monoisotopic (exact) mass is 322 g/mol. The van der Waals surface area contributed by atoms with Gasteiger partial charge < -0.3 is 14.0 Å². The Bertz CT molecular complexity index is 772. The molecule has 1 fully saturated rings. The van der Waals surface area contributed by atoms with Crippen molar-refractivity contribution >= 4 is 18.3 Å². The van der Waals surface area contributed by atoms with Crippen LogP contribution in [0.25, 0.3) is 5.70 Å². The van der Waals surface area contributed by atoms with Gasteiger partial charge in [0.2, 0.25) is 0 Å². The molecule has 0 radical (unpaired) electrons. The number of nitrogens with zero attached hydrogens (tertiary/aromatic N) is 2. The van der Waals surface area contributed by atoms with Crippen LogP contribution >= 0.6 is 0 Å². The molecule has 0 bridgehead atoms. The number of rotatable bonds is 4. The maximum atomic E-state index is 6.27. The zero-order chi connectivity index (χ0) is 16.5. The first kappa shape index (κ1) is 15.4. The number of benzene rings is 1. The highest BCUT2D eigenvalue weighted by Crippen LogP contribution is 2.30. The zero-order valence-electron chi connectivity index (χ0n) is 13.7. The van der Waals surface area contributed by atoms with Crippen LogP contribution in [0.15, 0.2) is 61.0 Å². The molecule has 6 heteroatoms. The van der Waals surface area contributed by atoms with E-state index in [2.05, 4.69) is 11.2 Å². The third kappa shape index (κ3) is 2.63. The third-order valence-electron chi connectivity index (χ3n) is 4.52. The van der Waals surface area contributed by atoms with Crippen molar-refractivity contribution in [2.75, 3.05) is 7.11 Å². The van der Waals surface area contributed by atoms with E-state index < -0.39 is 7.12 Å². The van der Waals surface area contributed by atoms with Crippen LogP contribution in [0.2, 0.25) is 0 Å². The minimum atomic E-state index is -0.421. The van der Waals surface area contributed by atoms with Crippen molar-refractivity contribution in [1.82, 2.24) is 9.78 Å². The van der Waals surface area contributed by atoms with E-state index in [0.29, 0.717) is 0 Å². The van der Waals surface area contributed by atoms with Gasteiger partial charge in [0.05, 0.1) is 17.9 Å². The fourth-order valence-corrected chi connectivity index (χ4v) is 3.20. The van der Waals surface area contributed by atoms with Gasteiger partial charge in [0.1, 0.15) is 6.10 Å². The second-order valence-corrected chi connectivity index (χ2v) is 5.92. The standard InChI is InChI=1S/C18H19BN2O3/c1-13(22-2)14-7-3-4-8-15(14)19-23-17-10-5-9-16(18(17)24-19)21-12-6-11-20-21/h3-13,17-18H,1-2H3/t13-,17+,18-/m1/s1. The molecule has 24 heavy (non-hydrogen) atoms. The smallest absolute Gasteiger partial charge is 0.398 e. The summed E-state index contributed by atoms with van der Waals surface area (Å²) in [5.41, 5.74) is 3.07. The molecule has 0 unspecified atom stereocenters. The fraction of sp³-hybridized carbons (Fsp3) is 0.278. The average Bonchev–Trinajstić information content (AvgIpc) is 3.30. The van der Waals surface area contributed by atoms with Gasteiger partial charge >= 0.3 is 7.12 Å². The minimum absolute atomic E-state index is 0.0206. The molecule has 0 spiro atoms. The highest BCUT2D eigenvalue weighted by molar-refractivity contribution is 6.62. The molecule has 2 aromatic rings. The van der Waals surface area contributed by atoms with Gasteiger partial charge in [-0.1, -0.05) is 36.4 Å². The summed E-state index contributed by atoms with van der Waals surface area (Å²) in [7, 11) is 1.29. The minimum Gasteiger partial charge on any atom is -0.398 e. The lowest BCUT2D eigenvalue weighted by atomic mass is 9.75. The molecule has 0 N–H and O–H groups in total. The van der Waals surface area contributed by atoms with E-state index in [-0.39, 0.29) is 18.3 Å². The normalized spacial score (nSPS) is 23.9. The summed E-state index contributed by atoms with van der Waals surface area (Å²) < 4.78 is 19.7. The number of fused-ring (bicyclic) bond motifs is 1. The molecule has 1 saturated heterocycles. The predicted molar refractivity (Wildman–Crippen MR) is 92.6 cm³/mol. The topological polar surface area (TPSA) is 45.5 Å². The Hall–Kier alpha value is -2.15. The Morgan fingerprint density at radius 2 is 2.12 bits per heavy atom. The van der Waals surface area contributed by atoms with Gasteiger partial charge in [0, 0.05) is 19.5 Å². The number of aromatic nitrogens is 2. The summed E-state index contributed by atoms with van der Waals surface area (Å²) >= 11 is 0. The highest BCUT2D eigenvalue weighted by Gasteiger charge is 2.44. The SMILES string of the molecule is CO[C@H](C)c1ccccc1B1O[C@H]2C=CC=C(n3cccn3)[C@H]2O1. The molecule has 1 aromatic heterocycles. The fourth-order valence-electron chi connectivity index (χ4n) is 3.20. The molecule has 0 amide bonds. The number of allylic oxidation sites excluding steroid dienone is 2. The van der Waals surface area contributed by atoms with Gasteiger partial charge in [-0.05, 0) is 30.1 Å². The Morgan fingerprint density at radius 1 is 1.25 bits per heavy atom. The quantitative estimate of drug-likeness (QED) is 0.810. The molecule has 2 heterocycles. The largest absolute Gasteiger partial charge is 0.495 e. The zero-order valence-corrected chi connectivity index (χ0v) is 13.7. The summed E-state index contributed by atoms with van der Waals surface area (Å²) in [5, 5.41) is 4.32. The van der Waals surface area contributed by atoms with Crippen LogP contribution in [0.5, 0.6) is 0 Å². The van der Waals surface area contributed by atoms with Crippen LogP contribution < -0.4 is 5.46 Å². The van der Waals surface area contributed by atoms with E-state index >= 15 is 0 Å². The molecule has 5 nitrogen and oxygen atoms in total. The lowest BCUT2D eigenvalue weighted by Gasteiger charge is -2.21. The molecular formula is C18H19BN2O3. The maximum Gasteiger partial charge on any atom is 0.495 e. The predicted octanol–water partition coefficient (Wildman–Crippen LogP) is 2.18. The lowest BCUT2D eigenvalue weighted by molar-refractivity contribution is 0.120. The molecule has 1 aliphatic heterocycles. The van der Waals surface area contributed by atoms with E-state index in [0.717, 1.165) is 16.7 Å². The maximum absolute atomic E-state index is 6.27. The van der Waals surface area contributed by atoms with Gasteiger partial charge in [-0.25, -0.2) is 4.68 Å². The van der Waals surface area contributed by atoms with E-state index in [9.17, 15) is 0 Å². The van der Waals surface area contributed by atoms with Crippen molar-refractivity contribution in [3.8, 4) is 0 Å². The van der Waals surface area contributed by atoms with Crippen LogP contribution in [0.1, 0.15) is 18.6 Å². The molecule has 1 aromatic carbocycles. The summed E-state index contributed by atoms with van der Waals surface area (Å²) in [6, 6.07) is 9.99. The number of methoxy groups -OCH3 is 1. The summed E-state index contributed by atoms with van der Waals surface area (Å²) in [6.07, 6.45) is 9.40. The van der Waals surface area contributed by atoms with E-state index in [1.807, 2.05) is 60.3 Å². The molecule has 4 rings (SSSR count). The van der Waals surface area contributed by atoms with Gasteiger partial charge in [-0.2, -0.15) is 5.10 Å². The van der Waals surface area contributed by atoms with Crippen LogP contribution in [0, 0.1) is 0 Å². The Morgan fingerprint density at radius 3 is 2.92 bits per heavy atom. The van der Waals surface area contributed by atoms with Gasteiger partial charge in [-0.15, -0.1) is 0 Å². The van der Waals surface area contributed by atoms with E-state index in [1.165, 1.54) is 0 Å². The second kappa shape index (κ2) is 6.40. The number of ether oxygens (including phenoxy) is 1. The molecule has 1 aliphatic carbocycles. The first-order valence-corrected chi connectivity index (χ1v) is 8.09. The number of hydrogen-bond donors (Lipinski definition) is 0. The molecule has 0 saturated carbocycles. The summed E-state index contributed by atoms with van der Waals surface area (Å²) in [4.78, 5) is 0. The van der Waals surface area contributed by atoms with Crippen molar-refractivity contribution in [3.63, 3.8) is 0 Å². The van der Waals surface area contributed by atoms with Crippen LogP contribution in [-0.2, 0) is 14.0 Å². The van der Waals surface area contributed by atoms with Gasteiger partial charge in [-0.3, -0.25) is 0 Å². The van der Waals surface area contributed by atoms with Crippen LogP contribution in [0.4, 0.5) is 0 Å². The Kier molecular flexibility index (Phi) is 4.10. The van der Waals surface area contributed by atoms with Crippen LogP contribution in [-0.4, -0.2) is 36.2 Å². The first-order valence-electron chi connectivity index (χ1n) is 8.09. The third-order valence-corrected chi connectivity index (χ3v) is 4.52. The molecular weight excluding hydrogens is 303 g/mol. The van der Waals surface area contributed by atoms with Gasteiger partial charge in [0.25, 0.3) is 0 Å². The molecule has 122 valence electrons. The lowest BCUT2D eigenvalue weighted by Crippen LogP contribution is -2.36. The van der Waals surface area contributed by atoms with Gasteiger partial charge in [0.15, 0.2) is 0 Å². The molecule has 2 aliphatic rings. The van der Waals surface area contributed by atoms with E-state index in [1.54, 1.807) is 13.3 Å². The first-order chi connectivity index (χ1) is 11.8. The molecule has 3 atom stereocenters. The van der Waals surface area contributed by atoms with Crippen molar-refractivity contribution in [3.05, 3.63) is 66.5 Å². The average molecular weight is 322 g/mol. The second-order valence-electron chi connectivity index (χ2n) is 5.92.